The lowest BCUT2D eigenvalue weighted by Crippen LogP contribution is -2.08. The van der Waals surface area contributed by atoms with Crippen molar-refractivity contribution in [2.24, 2.45) is 5.92 Å². The number of carbonyl (C=O) groups is 1. The van der Waals surface area contributed by atoms with E-state index in [4.69, 9.17) is 0 Å². The number of Topliss-reactive ketones (excluding diaryl/α,β-unsaturated/α-hetero) is 1. The van der Waals surface area contributed by atoms with Crippen molar-refractivity contribution in [3.63, 3.8) is 0 Å². The van der Waals surface area contributed by atoms with Crippen LogP contribution in [0.3, 0.4) is 0 Å². The van der Waals surface area contributed by atoms with Gasteiger partial charge in [0.05, 0.1) is 17.9 Å². The van der Waals surface area contributed by atoms with E-state index in [1.807, 2.05) is 0 Å². The Morgan fingerprint density at radius 1 is 1.53 bits per heavy atom. The lowest BCUT2D eigenvalue weighted by molar-refractivity contribution is 0.0953. The molecule has 1 aromatic heterocycles. The van der Waals surface area contributed by atoms with Gasteiger partial charge in [0.2, 0.25) is 0 Å². The highest BCUT2D eigenvalue weighted by Gasteiger charge is 2.15. The van der Waals surface area contributed by atoms with E-state index in [1.165, 1.54) is 12.8 Å². The van der Waals surface area contributed by atoms with E-state index in [0.29, 0.717) is 18.0 Å². The average Bonchev–Trinajstić information content (AvgIpc) is 2.77. The van der Waals surface area contributed by atoms with Crippen molar-refractivity contribution in [2.75, 3.05) is 0 Å². The van der Waals surface area contributed by atoms with E-state index in [1.54, 1.807) is 6.20 Å². The number of hydrogen-bond acceptors (Lipinski definition) is 4. The Kier molecular flexibility index (Phi) is 5.47. The molecular weight excluding hydrogens is 208 g/mol. The molecule has 1 unspecified atom stereocenters. The van der Waals surface area contributed by atoms with Gasteiger partial charge in [-0.15, -0.1) is 0 Å². The van der Waals surface area contributed by atoms with Crippen molar-refractivity contribution in [1.29, 1.82) is 0 Å². The van der Waals surface area contributed by atoms with Crippen LogP contribution in [0, 0.1) is 5.92 Å². The first-order valence-electron chi connectivity index (χ1n) is 5.58. The highest BCUT2D eigenvalue weighted by Crippen LogP contribution is 2.18. The van der Waals surface area contributed by atoms with E-state index >= 15 is 0 Å². The standard InChI is InChI=1S/C11H18N2OS/c1-3-5-6-9(4-2)7-11(14)10-8-12-15-13-10/h8-9H,3-7H2,1-2H3. The molecule has 0 radical (unpaired) electrons. The molecule has 0 spiro atoms. The summed E-state index contributed by atoms with van der Waals surface area (Å²) in [7, 11) is 0. The molecule has 0 fully saturated rings. The summed E-state index contributed by atoms with van der Waals surface area (Å²) in [6, 6.07) is 0. The Labute approximate surface area is 95.2 Å². The monoisotopic (exact) mass is 226 g/mol. The van der Waals surface area contributed by atoms with Gasteiger partial charge < -0.3 is 0 Å². The predicted octanol–water partition coefficient (Wildman–Crippen LogP) is 3.33. The van der Waals surface area contributed by atoms with Crippen LogP contribution in [0.1, 0.15) is 56.4 Å². The van der Waals surface area contributed by atoms with Crippen LogP contribution in [0.2, 0.25) is 0 Å². The number of nitrogens with zero attached hydrogens (tertiary/aromatic N) is 2. The van der Waals surface area contributed by atoms with Gasteiger partial charge >= 0.3 is 0 Å². The van der Waals surface area contributed by atoms with Crippen LogP contribution in [0.4, 0.5) is 0 Å². The van der Waals surface area contributed by atoms with Crippen LogP contribution in [-0.4, -0.2) is 14.5 Å². The zero-order valence-corrected chi connectivity index (χ0v) is 10.2. The molecule has 1 atom stereocenters. The second-order valence-electron chi connectivity index (χ2n) is 3.84. The van der Waals surface area contributed by atoms with Crippen molar-refractivity contribution >= 4 is 17.5 Å². The van der Waals surface area contributed by atoms with Crippen LogP contribution in [-0.2, 0) is 0 Å². The number of unbranched alkanes of at least 4 members (excludes halogenated alkanes) is 1. The summed E-state index contributed by atoms with van der Waals surface area (Å²) in [5.41, 5.74) is 0.537. The Morgan fingerprint density at radius 3 is 2.87 bits per heavy atom. The van der Waals surface area contributed by atoms with Crippen LogP contribution in [0.5, 0.6) is 0 Å². The van der Waals surface area contributed by atoms with Gasteiger partial charge in [0.25, 0.3) is 0 Å². The predicted molar refractivity (Wildman–Crippen MR) is 62.2 cm³/mol. The Morgan fingerprint density at radius 2 is 2.33 bits per heavy atom. The normalized spacial score (nSPS) is 12.7. The minimum absolute atomic E-state index is 0.145. The summed E-state index contributed by atoms with van der Waals surface area (Å²) in [6.07, 6.45) is 6.82. The molecule has 1 rings (SSSR count). The number of aromatic nitrogens is 2. The van der Waals surface area contributed by atoms with Gasteiger partial charge in [0, 0.05) is 6.42 Å². The van der Waals surface area contributed by atoms with E-state index in [-0.39, 0.29) is 5.78 Å². The van der Waals surface area contributed by atoms with Gasteiger partial charge in [0.1, 0.15) is 5.69 Å². The highest BCUT2D eigenvalue weighted by molar-refractivity contribution is 6.99. The fraction of sp³-hybridized carbons (Fsp3) is 0.727. The third kappa shape index (κ3) is 4.08. The highest BCUT2D eigenvalue weighted by atomic mass is 32.1. The summed E-state index contributed by atoms with van der Waals surface area (Å²) in [5, 5.41) is 0. The van der Waals surface area contributed by atoms with Gasteiger partial charge in [-0.25, -0.2) is 0 Å². The minimum Gasteiger partial charge on any atom is -0.292 e. The second kappa shape index (κ2) is 6.67. The summed E-state index contributed by atoms with van der Waals surface area (Å²) < 4.78 is 7.81. The van der Waals surface area contributed by atoms with E-state index < -0.39 is 0 Å². The zero-order valence-electron chi connectivity index (χ0n) is 9.40. The number of hydrogen-bond donors (Lipinski definition) is 0. The summed E-state index contributed by atoms with van der Waals surface area (Å²) in [6.45, 7) is 4.33. The molecule has 0 aliphatic heterocycles. The topological polar surface area (TPSA) is 42.9 Å². The molecule has 1 aromatic rings. The summed E-state index contributed by atoms with van der Waals surface area (Å²) >= 11 is 1.10. The number of rotatable bonds is 7. The van der Waals surface area contributed by atoms with Crippen molar-refractivity contribution < 1.29 is 4.79 Å². The number of ketones is 1. The van der Waals surface area contributed by atoms with Crippen LogP contribution in [0.25, 0.3) is 0 Å². The first-order valence-corrected chi connectivity index (χ1v) is 6.31. The molecule has 0 N–H and O–H groups in total. The molecule has 0 aliphatic rings. The van der Waals surface area contributed by atoms with E-state index in [0.717, 1.165) is 24.6 Å². The molecule has 0 aliphatic carbocycles. The van der Waals surface area contributed by atoms with Crippen molar-refractivity contribution in [2.45, 2.75) is 46.0 Å². The lowest BCUT2D eigenvalue weighted by Gasteiger charge is -2.11. The third-order valence-electron chi connectivity index (χ3n) is 2.66. The molecule has 0 saturated heterocycles. The molecular formula is C11H18N2OS. The summed E-state index contributed by atoms with van der Waals surface area (Å²) in [4.78, 5) is 11.7. The van der Waals surface area contributed by atoms with Gasteiger partial charge in [0.15, 0.2) is 5.78 Å². The van der Waals surface area contributed by atoms with Gasteiger partial charge in [-0.1, -0.05) is 39.5 Å². The van der Waals surface area contributed by atoms with Crippen molar-refractivity contribution in [1.82, 2.24) is 8.75 Å². The maximum Gasteiger partial charge on any atom is 0.184 e. The first kappa shape index (κ1) is 12.3. The molecule has 84 valence electrons. The Balaban J connectivity index is 2.41. The fourth-order valence-corrected chi connectivity index (χ4v) is 2.03. The maximum absolute atomic E-state index is 11.7. The van der Waals surface area contributed by atoms with E-state index in [2.05, 4.69) is 22.6 Å². The van der Waals surface area contributed by atoms with Crippen molar-refractivity contribution in [3.8, 4) is 0 Å². The molecule has 4 heteroatoms. The van der Waals surface area contributed by atoms with Crippen molar-refractivity contribution in [3.05, 3.63) is 11.9 Å². The Bertz CT molecular complexity index is 285. The summed E-state index contributed by atoms with van der Waals surface area (Å²) in [5.74, 6) is 0.658. The molecule has 3 nitrogen and oxygen atoms in total. The minimum atomic E-state index is 0.145. The van der Waals surface area contributed by atoms with Crippen LogP contribution < -0.4 is 0 Å². The fourth-order valence-electron chi connectivity index (χ4n) is 1.60. The maximum atomic E-state index is 11.7. The Hall–Kier alpha value is -0.770. The molecule has 15 heavy (non-hydrogen) atoms. The van der Waals surface area contributed by atoms with Crippen LogP contribution in [0.15, 0.2) is 6.20 Å². The van der Waals surface area contributed by atoms with E-state index in [9.17, 15) is 4.79 Å². The third-order valence-corrected chi connectivity index (χ3v) is 3.14. The molecule has 0 saturated carbocycles. The molecule has 1 heterocycles. The molecule has 0 aromatic carbocycles. The SMILES string of the molecule is CCCCC(CC)CC(=O)c1cnsn1. The smallest absolute Gasteiger partial charge is 0.184 e. The average molecular weight is 226 g/mol. The van der Waals surface area contributed by atoms with Gasteiger partial charge in [-0.05, 0) is 5.92 Å². The quantitative estimate of drug-likeness (QED) is 0.670. The first-order chi connectivity index (χ1) is 7.27. The molecule has 0 amide bonds. The lowest BCUT2D eigenvalue weighted by atomic mass is 9.93. The van der Waals surface area contributed by atoms with Gasteiger partial charge in [-0.2, -0.15) is 8.75 Å². The molecule has 0 bridgehead atoms. The zero-order chi connectivity index (χ0) is 11.1. The number of carbonyl (C=O) groups excluding carboxylic acids is 1. The van der Waals surface area contributed by atoms with Crippen LogP contribution >= 0.6 is 11.7 Å². The van der Waals surface area contributed by atoms with Gasteiger partial charge in [-0.3, -0.25) is 4.79 Å². The largest absolute Gasteiger partial charge is 0.292 e. The second-order valence-corrected chi connectivity index (χ2v) is 4.39.